The number of ether oxygens (including phenoxy) is 1. The number of nitrogens with two attached hydrogens (primary N) is 1. The average Bonchev–Trinajstić information content (AvgIpc) is 2.75. The molecule has 21 heavy (non-hydrogen) atoms. The van der Waals surface area contributed by atoms with Gasteiger partial charge < -0.3 is 10.5 Å². The van der Waals surface area contributed by atoms with E-state index in [4.69, 9.17) is 10.5 Å². The maximum atomic E-state index is 6.03. The Kier molecular flexibility index (Phi) is 4.98. The highest BCUT2D eigenvalue weighted by Gasteiger charge is 2.25. The van der Waals surface area contributed by atoms with Crippen LogP contribution in [0.2, 0.25) is 0 Å². The van der Waals surface area contributed by atoms with Crippen molar-refractivity contribution >= 4 is 0 Å². The first-order valence-electron chi connectivity index (χ1n) is 7.10. The van der Waals surface area contributed by atoms with Gasteiger partial charge in [0.05, 0.1) is 24.4 Å². The summed E-state index contributed by atoms with van der Waals surface area (Å²) in [4.78, 5) is 2.24. The van der Waals surface area contributed by atoms with Crippen LogP contribution in [0.5, 0.6) is 5.88 Å². The molecule has 0 saturated carbocycles. The van der Waals surface area contributed by atoms with Gasteiger partial charge in [0, 0.05) is 20.1 Å². The predicted octanol–water partition coefficient (Wildman–Crippen LogP) is 1.87. The lowest BCUT2D eigenvalue weighted by atomic mass is 10.1. The molecule has 2 N–H and O–H groups in total. The van der Waals surface area contributed by atoms with Crippen LogP contribution in [-0.2, 0) is 13.6 Å². The molecule has 0 saturated heterocycles. The van der Waals surface area contributed by atoms with Gasteiger partial charge in [-0.2, -0.15) is 5.10 Å². The summed E-state index contributed by atoms with van der Waals surface area (Å²) in [6, 6.07) is 10.5. The predicted molar refractivity (Wildman–Crippen MR) is 84.2 cm³/mol. The number of nitrogens with zero attached hydrogens (tertiary/aromatic N) is 3. The number of hydrogen-bond acceptors (Lipinski definition) is 4. The van der Waals surface area contributed by atoms with Crippen LogP contribution in [0.4, 0.5) is 0 Å². The van der Waals surface area contributed by atoms with E-state index >= 15 is 0 Å². The van der Waals surface area contributed by atoms with Gasteiger partial charge >= 0.3 is 0 Å². The fourth-order valence-corrected chi connectivity index (χ4v) is 2.78. The minimum Gasteiger partial charge on any atom is -0.481 e. The van der Waals surface area contributed by atoms with Crippen LogP contribution < -0.4 is 10.5 Å². The van der Waals surface area contributed by atoms with E-state index in [9.17, 15) is 0 Å². The fraction of sp³-hybridized carbons (Fsp3) is 0.438. The van der Waals surface area contributed by atoms with Gasteiger partial charge in [-0.3, -0.25) is 4.90 Å². The zero-order valence-electron chi connectivity index (χ0n) is 13.2. The molecule has 114 valence electrons. The van der Waals surface area contributed by atoms with Crippen molar-refractivity contribution in [3.63, 3.8) is 0 Å². The van der Waals surface area contributed by atoms with Crippen LogP contribution in [0, 0.1) is 6.92 Å². The number of benzene rings is 1. The van der Waals surface area contributed by atoms with Crippen LogP contribution >= 0.6 is 0 Å². The molecule has 0 aliphatic carbocycles. The zero-order chi connectivity index (χ0) is 15.4. The Morgan fingerprint density at radius 3 is 2.57 bits per heavy atom. The van der Waals surface area contributed by atoms with E-state index in [1.807, 2.05) is 20.0 Å². The Morgan fingerprint density at radius 1 is 1.33 bits per heavy atom. The molecule has 0 amide bonds. The molecule has 1 aromatic carbocycles. The standard InChI is InChI=1S/C16H24N4O/c1-12-15(16(21-4)20(3)18-12)14(10-17)19(2)11-13-8-6-5-7-9-13/h5-9,14H,10-11,17H2,1-4H3. The number of likely N-dealkylation sites (N-methyl/N-ethyl adjacent to an activating group) is 1. The quantitative estimate of drug-likeness (QED) is 0.881. The summed E-state index contributed by atoms with van der Waals surface area (Å²) in [5.41, 5.74) is 9.32. The Labute approximate surface area is 126 Å². The molecule has 0 aliphatic heterocycles. The molecule has 0 bridgehead atoms. The monoisotopic (exact) mass is 288 g/mol. The summed E-state index contributed by atoms with van der Waals surface area (Å²) in [6.07, 6.45) is 0. The first kappa shape index (κ1) is 15.5. The topological polar surface area (TPSA) is 56.3 Å². The number of rotatable bonds is 6. The van der Waals surface area contributed by atoms with Crippen molar-refractivity contribution < 1.29 is 4.74 Å². The highest BCUT2D eigenvalue weighted by molar-refractivity contribution is 5.34. The minimum atomic E-state index is 0.0776. The van der Waals surface area contributed by atoms with Crippen LogP contribution in [0.1, 0.15) is 22.9 Å². The summed E-state index contributed by atoms with van der Waals surface area (Å²) in [5, 5.41) is 4.45. The lowest BCUT2D eigenvalue weighted by Crippen LogP contribution is -2.30. The maximum Gasteiger partial charge on any atom is 0.216 e. The van der Waals surface area contributed by atoms with Gasteiger partial charge in [0.1, 0.15) is 0 Å². The summed E-state index contributed by atoms with van der Waals surface area (Å²) < 4.78 is 7.27. The lowest BCUT2D eigenvalue weighted by Gasteiger charge is -2.27. The smallest absolute Gasteiger partial charge is 0.216 e. The SMILES string of the molecule is COc1c(C(CN)N(C)Cc2ccccc2)c(C)nn1C. The van der Waals surface area contributed by atoms with E-state index in [1.54, 1.807) is 11.8 Å². The summed E-state index contributed by atoms with van der Waals surface area (Å²) in [7, 11) is 5.64. The molecule has 1 heterocycles. The van der Waals surface area contributed by atoms with Gasteiger partial charge in [-0.15, -0.1) is 0 Å². The largest absolute Gasteiger partial charge is 0.481 e. The second-order valence-electron chi connectivity index (χ2n) is 5.28. The third-order valence-electron chi connectivity index (χ3n) is 3.77. The van der Waals surface area contributed by atoms with Crippen LogP contribution in [0.25, 0.3) is 0 Å². The third kappa shape index (κ3) is 3.25. The van der Waals surface area contributed by atoms with Crippen LogP contribution in [0.3, 0.4) is 0 Å². The van der Waals surface area contributed by atoms with Crippen LogP contribution in [-0.4, -0.2) is 35.4 Å². The number of methoxy groups -OCH3 is 1. The lowest BCUT2D eigenvalue weighted by molar-refractivity contribution is 0.234. The van der Waals surface area contributed by atoms with E-state index in [2.05, 4.69) is 41.3 Å². The van der Waals surface area contributed by atoms with E-state index < -0.39 is 0 Å². The van der Waals surface area contributed by atoms with E-state index in [0.717, 1.165) is 23.7 Å². The maximum absolute atomic E-state index is 6.03. The molecule has 0 aliphatic rings. The van der Waals surface area contributed by atoms with Gasteiger partial charge in [-0.25, -0.2) is 4.68 Å². The van der Waals surface area contributed by atoms with Gasteiger partial charge in [0.2, 0.25) is 5.88 Å². The number of aromatic nitrogens is 2. The van der Waals surface area contributed by atoms with Gasteiger partial charge in [0.25, 0.3) is 0 Å². The normalized spacial score (nSPS) is 12.7. The molecule has 1 atom stereocenters. The van der Waals surface area contributed by atoms with Crippen molar-refractivity contribution in [2.24, 2.45) is 12.8 Å². The van der Waals surface area contributed by atoms with E-state index in [1.165, 1.54) is 5.56 Å². The average molecular weight is 288 g/mol. The zero-order valence-corrected chi connectivity index (χ0v) is 13.2. The highest BCUT2D eigenvalue weighted by Crippen LogP contribution is 2.31. The minimum absolute atomic E-state index is 0.0776. The number of aryl methyl sites for hydroxylation is 2. The molecule has 2 aromatic rings. The van der Waals surface area contributed by atoms with Gasteiger partial charge in [-0.1, -0.05) is 30.3 Å². The van der Waals surface area contributed by atoms with E-state index in [0.29, 0.717) is 6.54 Å². The van der Waals surface area contributed by atoms with Crippen molar-refractivity contribution in [1.29, 1.82) is 0 Å². The highest BCUT2D eigenvalue weighted by atomic mass is 16.5. The van der Waals surface area contributed by atoms with E-state index in [-0.39, 0.29) is 6.04 Å². The Hall–Kier alpha value is -1.85. The fourth-order valence-electron chi connectivity index (χ4n) is 2.78. The summed E-state index contributed by atoms with van der Waals surface area (Å²) in [6.45, 7) is 3.35. The molecule has 0 fully saturated rings. The molecule has 5 heteroatoms. The molecule has 2 rings (SSSR count). The number of hydrogen-bond donors (Lipinski definition) is 1. The molecule has 1 unspecified atom stereocenters. The molecule has 1 aromatic heterocycles. The van der Waals surface area contributed by atoms with Crippen molar-refractivity contribution in [2.45, 2.75) is 19.5 Å². The Balaban J connectivity index is 2.27. The third-order valence-corrected chi connectivity index (χ3v) is 3.77. The van der Waals surface area contributed by atoms with Gasteiger partial charge in [0.15, 0.2) is 0 Å². The molecule has 5 nitrogen and oxygen atoms in total. The second kappa shape index (κ2) is 6.74. The summed E-state index contributed by atoms with van der Waals surface area (Å²) >= 11 is 0. The van der Waals surface area contributed by atoms with Crippen LogP contribution in [0.15, 0.2) is 30.3 Å². The van der Waals surface area contributed by atoms with Crippen molar-refractivity contribution in [3.8, 4) is 5.88 Å². The van der Waals surface area contributed by atoms with Crippen molar-refractivity contribution in [1.82, 2.24) is 14.7 Å². The van der Waals surface area contributed by atoms with Crippen molar-refractivity contribution in [2.75, 3.05) is 20.7 Å². The molecule has 0 radical (unpaired) electrons. The van der Waals surface area contributed by atoms with Gasteiger partial charge in [-0.05, 0) is 19.5 Å². The first-order valence-corrected chi connectivity index (χ1v) is 7.10. The van der Waals surface area contributed by atoms with Crippen molar-refractivity contribution in [3.05, 3.63) is 47.2 Å². The summed E-state index contributed by atoms with van der Waals surface area (Å²) in [5.74, 6) is 0.780. The molecular formula is C16H24N4O. The molecular weight excluding hydrogens is 264 g/mol. The molecule has 0 spiro atoms. The first-order chi connectivity index (χ1) is 10.1. The second-order valence-corrected chi connectivity index (χ2v) is 5.28. The Morgan fingerprint density at radius 2 is 2.00 bits per heavy atom. The Bertz CT molecular complexity index is 579.